The number of carbonyl (C=O) groups is 3. The van der Waals surface area contributed by atoms with Crippen LogP contribution in [0.15, 0.2) is 30.5 Å². The van der Waals surface area contributed by atoms with Crippen molar-refractivity contribution in [3.8, 4) is 0 Å². The molecule has 2 amide bonds. The number of aliphatic hydroxyl groups is 1. The number of urea groups is 1. The predicted molar refractivity (Wildman–Crippen MR) is 102 cm³/mol. The third-order valence-corrected chi connectivity index (χ3v) is 4.22. The van der Waals surface area contributed by atoms with E-state index in [0.717, 1.165) is 10.9 Å². The van der Waals surface area contributed by atoms with Crippen LogP contribution in [0.2, 0.25) is 0 Å². The van der Waals surface area contributed by atoms with E-state index in [9.17, 15) is 24.6 Å². The largest absolute Gasteiger partial charge is 0.481 e. The van der Waals surface area contributed by atoms with Crippen molar-refractivity contribution in [2.45, 2.75) is 32.4 Å². The monoisotopic (exact) mass is 391 g/mol. The number of hydrogen-bond acceptors (Lipinski definition) is 4. The standard InChI is InChI=1S/C19H25N3O6/c1-11(2)9-22(10-16(23)18(26)27)19(28)21-15(7-17(24)25)13-8-20-14-6-4-3-5-12(13)14/h3-6,8,11,15-16,20,23H,7,9-10H2,1-2H3,(H,21,28)(H,24,25)(H,26,27). The second kappa shape index (κ2) is 9.23. The molecule has 0 bridgehead atoms. The van der Waals surface area contributed by atoms with Crippen LogP contribution in [-0.4, -0.2) is 62.4 Å². The Morgan fingerprint density at radius 1 is 1.14 bits per heavy atom. The number of H-pyrrole nitrogens is 1. The maximum Gasteiger partial charge on any atom is 0.334 e. The van der Waals surface area contributed by atoms with Gasteiger partial charge in [0.15, 0.2) is 6.10 Å². The summed E-state index contributed by atoms with van der Waals surface area (Å²) < 4.78 is 0. The molecule has 0 aliphatic carbocycles. The Kier molecular flexibility index (Phi) is 7.00. The van der Waals surface area contributed by atoms with Crippen molar-refractivity contribution in [3.63, 3.8) is 0 Å². The van der Waals surface area contributed by atoms with Crippen LogP contribution in [0.4, 0.5) is 4.79 Å². The molecule has 0 aliphatic heterocycles. The SMILES string of the molecule is CC(C)CN(CC(O)C(=O)O)C(=O)NC(CC(=O)O)c1c[nH]c2ccccc12. The normalized spacial score (nSPS) is 13.3. The number of aromatic amines is 1. The highest BCUT2D eigenvalue weighted by Gasteiger charge is 2.27. The lowest BCUT2D eigenvalue weighted by molar-refractivity contribution is -0.147. The van der Waals surface area contributed by atoms with Gasteiger partial charge in [0, 0.05) is 29.2 Å². The van der Waals surface area contributed by atoms with Crippen LogP contribution in [0.25, 0.3) is 10.9 Å². The number of para-hydroxylation sites is 1. The average molecular weight is 391 g/mol. The molecule has 9 nitrogen and oxygen atoms in total. The molecule has 2 rings (SSSR count). The Morgan fingerprint density at radius 2 is 1.82 bits per heavy atom. The third kappa shape index (κ3) is 5.46. The zero-order valence-corrected chi connectivity index (χ0v) is 15.8. The van der Waals surface area contributed by atoms with Crippen LogP contribution in [-0.2, 0) is 9.59 Å². The zero-order valence-electron chi connectivity index (χ0n) is 15.8. The van der Waals surface area contributed by atoms with Gasteiger partial charge in [-0.3, -0.25) is 4.79 Å². The van der Waals surface area contributed by atoms with E-state index < -0.39 is 36.7 Å². The van der Waals surface area contributed by atoms with Gasteiger partial charge in [-0.2, -0.15) is 0 Å². The van der Waals surface area contributed by atoms with Crippen LogP contribution in [0, 0.1) is 5.92 Å². The van der Waals surface area contributed by atoms with Gasteiger partial charge in [0.2, 0.25) is 0 Å². The highest BCUT2D eigenvalue weighted by Crippen LogP contribution is 2.26. The number of fused-ring (bicyclic) bond motifs is 1. The second-order valence-corrected chi connectivity index (χ2v) is 7.04. The number of aliphatic hydroxyl groups excluding tert-OH is 1. The van der Waals surface area contributed by atoms with E-state index in [1.807, 2.05) is 38.1 Å². The second-order valence-electron chi connectivity index (χ2n) is 7.04. The Balaban J connectivity index is 2.27. The maximum atomic E-state index is 12.8. The number of aliphatic carboxylic acids is 2. The highest BCUT2D eigenvalue weighted by atomic mass is 16.4. The lowest BCUT2D eigenvalue weighted by atomic mass is 10.0. The number of hydrogen-bond donors (Lipinski definition) is 5. The highest BCUT2D eigenvalue weighted by molar-refractivity contribution is 5.85. The molecular formula is C19H25N3O6. The number of nitrogens with one attached hydrogen (secondary N) is 2. The summed E-state index contributed by atoms with van der Waals surface area (Å²) in [5.74, 6) is -2.49. The summed E-state index contributed by atoms with van der Waals surface area (Å²) in [4.78, 5) is 39.3. The minimum atomic E-state index is -1.73. The van der Waals surface area contributed by atoms with Crippen LogP contribution >= 0.6 is 0 Å². The molecule has 9 heteroatoms. The summed E-state index contributed by atoms with van der Waals surface area (Å²) in [5.41, 5.74) is 1.43. The number of benzene rings is 1. The average Bonchev–Trinajstić information content (AvgIpc) is 3.03. The molecule has 1 aromatic carbocycles. The molecule has 5 N–H and O–H groups in total. The summed E-state index contributed by atoms with van der Waals surface area (Å²) >= 11 is 0. The molecule has 1 heterocycles. The molecule has 0 fully saturated rings. The summed E-state index contributed by atoms with van der Waals surface area (Å²) in [6.07, 6.45) is -0.419. The van der Waals surface area contributed by atoms with Crippen molar-refractivity contribution in [2.75, 3.05) is 13.1 Å². The van der Waals surface area contributed by atoms with Gasteiger partial charge in [0.25, 0.3) is 0 Å². The van der Waals surface area contributed by atoms with Crippen LogP contribution in [0.5, 0.6) is 0 Å². The molecule has 152 valence electrons. The van der Waals surface area contributed by atoms with Crippen LogP contribution < -0.4 is 5.32 Å². The maximum absolute atomic E-state index is 12.8. The molecule has 2 unspecified atom stereocenters. The van der Waals surface area contributed by atoms with E-state index in [-0.39, 0.29) is 18.9 Å². The van der Waals surface area contributed by atoms with Crippen LogP contribution in [0.1, 0.15) is 31.9 Å². The third-order valence-electron chi connectivity index (χ3n) is 4.22. The minimum Gasteiger partial charge on any atom is -0.481 e. The molecule has 0 radical (unpaired) electrons. The topological polar surface area (TPSA) is 143 Å². The molecule has 2 aromatic rings. The van der Waals surface area contributed by atoms with Gasteiger partial charge in [0.1, 0.15) is 0 Å². The van der Waals surface area contributed by atoms with E-state index in [4.69, 9.17) is 5.11 Å². The summed E-state index contributed by atoms with van der Waals surface area (Å²) in [7, 11) is 0. The first-order chi connectivity index (χ1) is 13.2. The van der Waals surface area contributed by atoms with Gasteiger partial charge < -0.3 is 30.5 Å². The quantitative estimate of drug-likeness (QED) is 0.441. The van der Waals surface area contributed by atoms with Gasteiger partial charge in [-0.15, -0.1) is 0 Å². The Hall–Kier alpha value is -3.07. The molecular weight excluding hydrogens is 366 g/mol. The first-order valence-electron chi connectivity index (χ1n) is 8.93. The van der Waals surface area contributed by atoms with E-state index in [1.54, 1.807) is 6.20 Å². The van der Waals surface area contributed by atoms with E-state index in [0.29, 0.717) is 5.56 Å². The molecule has 28 heavy (non-hydrogen) atoms. The molecule has 0 spiro atoms. The fourth-order valence-corrected chi connectivity index (χ4v) is 3.00. The summed E-state index contributed by atoms with van der Waals surface area (Å²) in [6.45, 7) is 3.51. The number of rotatable bonds is 9. The van der Waals surface area contributed by atoms with Gasteiger partial charge in [-0.05, 0) is 12.0 Å². The van der Waals surface area contributed by atoms with Crippen molar-refractivity contribution in [1.29, 1.82) is 0 Å². The van der Waals surface area contributed by atoms with Crippen molar-refractivity contribution < 1.29 is 29.7 Å². The number of carboxylic acids is 2. The Labute approximate surface area is 162 Å². The van der Waals surface area contributed by atoms with Gasteiger partial charge in [-0.25, -0.2) is 9.59 Å². The van der Waals surface area contributed by atoms with Crippen molar-refractivity contribution in [2.24, 2.45) is 5.92 Å². The summed E-state index contributed by atoms with van der Waals surface area (Å²) in [6, 6.07) is 5.86. The lowest BCUT2D eigenvalue weighted by Gasteiger charge is -2.28. The smallest absolute Gasteiger partial charge is 0.334 e. The summed E-state index contributed by atoms with van der Waals surface area (Å²) in [5, 5.41) is 31.3. The van der Waals surface area contributed by atoms with E-state index in [2.05, 4.69) is 10.3 Å². The number of nitrogens with zero attached hydrogens (tertiary/aromatic N) is 1. The predicted octanol–water partition coefficient (Wildman–Crippen LogP) is 1.80. The van der Waals surface area contributed by atoms with Crippen molar-refractivity contribution in [3.05, 3.63) is 36.0 Å². The van der Waals surface area contributed by atoms with E-state index >= 15 is 0 Å². The van der Waals surface area contributed by atoms with Crippen LogP contribution in [0.3, 0.4) is 0 Å². The fraction of sp³-hybridized carbons (Fsp3) is 0.421. The minimum absolute atomic E-state index is 0.0257. The molecule has 2 atom stereocenters. The Morgan fingerprint density at radius 3 is 2.43 bits per heavy atom. The molecule has 0 aliphatic rings. The number of carbonyl (C=O) groups excluding carboxylic acids is 1. The number of carboxylic acid groups (broad SMARTS) is 2. The molecule has 0 saturated heterocycles. The number of amides is 2. The number of aromatic nitrogens is 1. The fourth-order valence-electron chi connectivity index (χ4n) is 3.00. The molecule has 0 saturated carbocycles. The Bertz CT molecular complexity index is 847. The zero-order chi connectivity index (χ0) is 20.8. The first kappa shape index (κ1) is 21.2. The van der Waals surface area contributed by atoms with Gasteiger partial charge >= 0.3 is 18.0 Å². The molecule has 1 aromatic heterocycles. The van der Waals surface area contributed by atoms with Crippen molar-refractivity contribution >= 4 is 28.9 Å². The first-order valence-corrected chi connectivity index (χ1v) is 8.93. The van der Waals surface area contributed by atoms with E-state index in [1.165, 1.54) is 4.90 Å². The van der Waals surface area contributed by atoms with Crippen molar-refractivity contribution in [1.82, 2.24) is 15.2 Å². The van der Waals surface area contributed by atoms with Gasteiger partial charge in [-0.1, -0.05) is 32.0 Å². The lowest BCUT2D eigenvalue weighted by Crippen LogP contribution is -2.48. The van der Waals surface area contributed by atoms with Gasteiger partial charge in [0.05, 0.1) is 19.0 Å².